The lowest BCUT2D eigenvalue weighted by molar-refractivity contribution is 0.0696. The van der Waals surface area contributed by atoms with Crippen LogP contribution in [0.3, 0.4) is 0 Å². The Kier molecular flexibility index (Phi) is 4.72. The highest BCUT2D eigenvalue weighted by atomic mass is 79.9. The van der Waals surface area contributed by atoms with E-state index in [0.29, 0.717) is 19.6 Å². The Bertz CT molecular complexity index is 662. The third kappa shape index (κ3) is 3.28. The van der Waals surface area contributed by atoms with Gasteiger partial charge in [-0.2, -0.15) is 4.31 Å². The van der Waals surface area contributed by atoms with Gasteiger partial charge in [0.05, 0.1) is 10.5 Å². The monoisotopic (exact) mass is 376 g/mol. The van der Waals surface area contributed by atoms with Crippen molar-refractivity contribution in [3.05, 3.63) is 28.2 Å². The first kappa shape index (κ1) is 16.4. The lowest BCUT2D eigenvalue weighted by atomic mass is 10.2. The summed E-state index contributed by atoms with van der Waals surface area (Å²) in [5.41, 5.74) is 0.0487. The van der Waals surface area contributed by atoms with E-state index in [-0.39, 0.29) is 21.0 Å². The van der Waals surface area contributed by atoms with Crippen molar-refractivity contribution in [1.29, 1.82) is 0 Å². The van der Waals surface area contributed by atoms with Crippen LogP contribution in [-0.2, 0) is 10.0 Å². The van der Waals surface area contributed by atoms with Crippen LogP contribution in [0, 0.1) is 0 Å². The average molecular weight is 377 g/mol. The van der Waals surface area contributed by atoms with Crippen molar-refractivity contribution >= 4 is 31.9 Å². The van der Waals surface area contributed by atoms with Gasteiger partial charge in [0.15, 0.2) is 0 Å². The minimum atomic E-state index is -3.62. The smallest absolute Gasteiger partial charge is 0.335 e. The van der Waals surface area contributed by atoms with E-state index < -0.39 is 16.0 Å². The second-order valence-corrected chi connectivity index (χ2v) is 7.90. The number of rotatable bonds is 3. The Labute approximate surface area is 132 Å². The minimum absolute atomic E-state index is 0.0487. The molecule has 6 nitrogen and oxygen atoms in total. The predicted molar refractivity (Wildman–Crippen MR) is 82.0 cm³/mol. The van der Waals surface area contributed by atoms with Gasteiger partial charge >= 0.3 is 5.97 Å². The number of benzene rings is 1. The molecule has 0 bridgehead atoms. The van der Waals surface area contributed by atoms with Crippen LogP contribution in [0.25, 0.3) is 0 Å². The van der Waals surface area contributed by atoms with E-state index >= 15 is 0 Å². The van der Waals surface area contributed by atoms with Gasteiger partial charge in [-0.3, -0.25) is 0 Å². The maximum atomic E-state index is 12.7. The number of carbonyl (C=O) groups is 1. The predicted octanol–water partition coefficient (Wildman–Crippen LogP) is 1.47. The summed E-state index contributed by atoms with van der Waals surface area (Å²) in [5.74, 6) is -1.09. The lowest BCUT2D eigenvalue weighted by Gasteiger charge is -2.36. The highest BCUT2D eigenvalue weighted by Gasteiger charge is 2.32. The summed E-state index contributed by atoms with van der Waals surface area (Å²) >= 11 is 3.17. The van der Waals surface area contributed by atoms with Crippen molar-refractivity contribution in [3.63, 3.8) is 0 Å². The SMILES string of the molecule is CC1CN(S(=O)(=O)c2ccc(C(=O)O)cc2Br)CCN1C. The van der Waals surface area contributed by atoms with E-state index in [1.807, 2.05) is 14.0 Å². The zero-order valence-electron chi connectivity index (χ0n) is 11.8. The summed E-state index contributed by atoms with van der Waals surface area (Å²) in [7, 11) is -1.66. The quantitative estimate of drug-likeness (QED) is 0.863. The highest BCUT2D eigenvalue weighted by molar-refractivity contribution is 9.10. The maximum absolute atomic E-state index is 12.7. The summed E-state index contributed by atoms with van der Waals surface area (Å²) < 4.78 is 27.1. The van der Waals surface area contributed by atoms with Crippen molar-refractivity contribution in [2.75, 3.05) is 26.7 Å². The Morgan fingerprint density at radius 3 is 2.57 bits per heavy atom. The molecule has 1 aromatic rings. The summed E-state index contributed by atoms with van der Waals surface area (Å²) in [6.07, 6.45) is 0. The van der Waals surface area contributed by atoms with Crippen molar-refractivity contribution in [3.8, 4) is 0 Å². The van der Waals surface area contributed by atoms with Gasteiger partial charge in [-0.15, -0.1) is 0 Å². The Hall–Kier alpha value is -0.960. The fourth-order valence-corrected chi connectivity index (χ4v) is 4.77. The zero-order chi connectivity index (χ0) is 15.8. The van der Waals surface area contributed by atoms with Gasteiger partial charge in [0.2, 0.25) is 10.0 Å². The average Bonchev–Trinajstić information content (AvgIpc) is 2.41. The maximum Gasteiger partial charge on any atom is 0.335 e. The molecule has 1 saturated heterocycles. The number of sulfonamides is 1. The van der Waals surface area contributed by atoms with Gasteiger partial charge in [-0.25, -0.2) is 13.2 Å². The molecule has 1 fully saturated rings. The fourth-order valence-electron chi connectivity index (χ4n) is 2.22. The van der Waals surface area contributed by atoms with Crippen LogP contribution < -0.4 is 0 Å². The third-order valence-corrected chi connectivity index (χ3v) is 6.56. The first-order chi connectivity index (χ1) is 9.73. The van der Waals surface area contributed by atoms with Crippen LogP contribution in [0.1, 0.15) is 17.3 Å². The molecular weight excluding hydrogens is 360 g/mol. The van der Waals surface area contributed by atoms with Crippen molar-refractivity contribution in [1.82, 2.24) is 9.21 Å². The number of nitrogens with zero attached hydrogens (tertiary/aromatic N) is 2. The van der Waals surface area contributed by atoms with E-state index in [1.165, 1.54) is 22.5 Å². The molecular formula is C13H17BrN2O4S. The molecule has 8 heteroatoms. The van der Waals surface area contributed by atoms with Crippen LogP contribution in [0.4, 0.5) is 0 Å². The van der Waals surface area contributed by atoms with Gasteiger partial charge in [0.1, 0.15) is 0 Å². The lowest BCUT2D eigenvalue weighted by Crippen LogP contribution is -2.51. The molecule has 1 aliphatic rings. The van der Waals surface area contributed by atoms with Crippen LogP contribution in [0.5, 0.6) is 0 Å². The molecule has 1 atom stereocenters. The molecule has 1 aromatic carbocycles. The molecule has 0 aromatic heterocycles. The number of hydrogen-bond donors (Lipinski definition) is 1. The van der Waals surface area contributed by atoms with Crippen LogP contribution in [-0.4, -0.2) is 61.4 Å². The standard InChI is InChI=1S/C13H17BrN2O4S/c1-9-8-16(6-5-15(9)2)21(19,20)12-4-3-10(13(17)18)7-11(12)14/h3-4,7,9H,5-6,8H2,1-2H3,(H,17,18). The van der Waals surface area contributed by atoms with Gasteiger partial charge in [-0.05, 0) is 48.1 Å². The molecule has 1 N–H and O–H groups in total. The van der Waals surface area contributed by atoms with Crippen molar-refractivity contribution in [2.45, 2.75) is 17.9 Å². The van der Waals surface area contributed by atoms with Gasteiger partial charge in [0, 0.05) is 30.1 Å². The molecule has 2 rings (SSSR count). The number of aromatic carboxylic acids is 1. The number of hydrogen-bond acceptors (Lipinski definition) is 4. The number of carboxylic acids is 1. The molecule has 0 amide bonds. The molecule has 1 unspecified atom stereocenters. The second kappa shape index (κ2) is 6.04. The summed E-state index contributed by atoms with van der Waals surface area (Å²) in [5, 5.41) is 8.93. The highest BCUT2D eigenvalue weighted by Crippen LogP contribution is 2.27. The Morgan fingerprint density at radius 2 is 2.05 bits per heavy atom. The van der Waals surface area contributed by atoms with E-state index in [4.69, 9.17) is 5.11 Å². The minimum Gasteiger partial charge on any atom is -0.478 e. The second-order valence-electron chi connectivity index (χ2n) is 5.14. The molecule has 21 heavy (non-hydrogen) atoms. The van der Waals surface area contributed by atoms with E-state index in [1.54, 1.807) is 0 Å². The number of carboxylic acid groups (broad SMARTS) is 1. The molecule has 1 heterocycles. The largest absolute Gasteiger partial charge is 0.478 e. The molecule has 116 valence electrons. The molecule has 0 saturated carbocycles. The van der Waals surface area contributed by atoms with Crippen LogP contribution >= 0.6 is 15.9 Å². The molecule has 0 radical (unpaired) electrons. The van der Waals surface area contributed by atoms with Crippen molar-refractivity contribution in [2.24, 2.45) is 0 Å². The van der Waals surface area contributed by atoms with E-state index in [9.17, 15) is 13.2 Å². The number of piperazine rings is 1. The van der Waals surface area contributed by atoms with E-state index in [2.05, 4.69) is 20.8 Å². The third-order valence-electron chi connectivity index (χ3n) is 3.72. The van der Waals surface area contributed by atoms with Gasteiger partial charge < -0.3 is 10.0 Å². The fraction of sp³-hybridized carbons (Fsp3) is 0.462. The first-order valence-electron chi connectivity index (χ1n) is 6.46. The van der Waals surface area contributed by atoms with Crippen LogP contribution in [0.2, 0.25) is 0 Å². The molecule has 0 aliphatic carbocycles. The normalized spacial score (nSPS) is 21.4. The number of halogens is 1. The Morgan fingerprint density at radius 1 is 1.38 bits per heavy atom. The zero-order valence-corrected chi connectivity index (χ0v) is 14.2. The van der Waals surface area contributed by atoms with Gasteiger partial charge in [0.25, 0.3) is 0 Å². The van der Waals surface area contributed by atoms with E-state index in [0.717, 1.165) is 0 Å². The first-order valence-corrected chi connectivity index (χ1v) is 8.70. The molecule has 1 aliphatic heterocycles. The summed E-state index contributed by atoms with van der Waals surface area (Å²) in [4.78, 5) is 13.1. The summed E-state index contributed by atoms with van der Waals surface area (Å²) in [6.45, 7) is 3.50. The summed E-state index contributed by atoms with van der Waals surface area (Å²) in [6, 6.07) is 4.10. The Balaban J connectivity index is 2.34. The molecule has 0 spiro atoms. The number of likely N-dealkylation sites (N-methyl/N-ethyl adjacent to an activating group) is 1. The van der Waals surface area contributed by atoms with Crippen molar-refractivity contribution < 1.29 is 18.3 Å². The topological polar surface area (TPSA) is 77.9 Å². The van der Waals surface area contributed by atoms with Crippen LogP contribution in [0.15, 0.2) is 27.6 Å². The van der Waals surface area contributed by atoms with Gasteiger partial charge in [-0.1, -0.05) is 0 Å².